The molecule has 0 saturated heterocycles. The Morgan fingerprint density at radius 2 is 1.67 bits per heavy atom. The lowest BCUT2D eigenvalue weighted by atomic mass is 9.95. The fraction of sp³-hybridized carbons (Fsp3) is 0.412. The molecule has 0 radical (unpaired) electrons. The van der Waals surface area contributed by atoms with Crippen LogP contribution in [-0.2, 0) is 5.41 Å². The zero-order valence-corrected chi connectivity index (χ0v) is 14.1. The molecular formula is C17H23NO2S. The third-order valence-corrected chi connectivity index (χ3v) is 5.03. The first-order chi connectivity index (χ1) is 9.86. The number of nitrogens with two attached hydrogens (primary N) is 1. The molecule has 0 aliphatic heterocycles. The van der Waals surface area contributed by atoms with Crippen LogP contribution < -0.4 is 15.2 Å². The van der Waals surface area contributed by atoms with E-state index in [0.29, 0.717) is 5.75 Å². The van der Waals surface area contributed by atoms with Gasteiger partial charge in [-0.3, -0.25) is 0 Å². The van der Waals surface area contributed by atoms with Crippen molar-refractivity contribution in [2.75, 3.05) is 14.2 Å². The maximum absolute atomic E-state index is 6.40. The molecule has 3 nitrogen and oxygen atoms in total. The molecular weight excluding hydrogens is 282 g/mol. The molecule has 0 aliphatic rings. The van der Waals surface area contributed by atoms with Crippen molar-refractivity contribution in [1.29, 1.82) is 0 Å². The highest BCUT2D eigenvalue weighted by molar-refractivity contribution is 7.12. The zero-order chi connectivity index (χ0) is 15.6. The van der Waals surface area contributed by atoms with Gasteiger partial charge in [0, 0.05) is 9.75 Å². The predicted molar refractivity (Wildman–Crippen MR) is 88.6 cm³/mol. The largest absolute Gasteiger partial charge is 0.493 e. The van der Waals surface area contributed by atoms with Crippen molar-refractivity contribution >= 4 is 11.3 Å². The van der Waals surface area contributed by atoms with Crippen molar-refractivity contribution in [3.63, 3.8) is 0 Å². The topological polar surface area (TPSA) is 44.5 Å². The lowest BCUT2D eigenvalue weighted by molar-refractivity contribution is 0.354. The molecule has 1 heterocycles. The minimum absolute atomic E-state index is 0.147. The van der Waals surface area contributed by atoms with Gasteiger partial charge in [-0.2, -0.15) is 0 Å². The molecule has 114 valence electrons. The molecule has 2 N–H and O–H groups in total. The average molecular weight is 305 g/mol. The second-order valence-corrected chi connectivity index (χ2v) is 7.16. The number of thiophene rings is 1. The summed E-state index contributed by atoms with van der Waals surface area (Å²) >= 11 is 1.77. The van der Waals surface area contributed by atoms with E-state index >= 15 is 0 Å². The second kappa shape index (κ2) is 6.08. The van der Waals surface area contributed by atoms with Gasteiger partial charge in [0.1, 0.15) is 0 Å². The quantitative estimate of drug-likeness (QED) is 0.924. The standard InChI is InChI=1S/C17H23NO2S/c1-17(2,3)15-9-8-14(21-15)16(18)11-6-7-12(19-4)13(10-11)20-5/h6-10,16H,18H2,1-5H3. The van der Waals surface area contributed by atoms with Gasteiger partial charge < -0.3 is 15.2 Å². The highest BCUT2D eigenvalue weighted by Crippen LogP contribution is 2.36. The maximum atomic E-state index is 6.40. The second-order valence-electron chi connectivity index (χ2n) is 6.04. The third-order valence-electron chi connectivity index (χ3n) is 3.44. The highest BCUT2D eigenvalue weighted by Gasteiger charge is 2.19. The Hall–Kier alpha value is -1.52. The minimum Gasteiger partial charge on any atom is -0.493 e. The van der Waals surface area contributed by atoms with Crippen LogP contribution in [0.25, 0.3) is 0 Å². The van der Waals surface area contributed by atoms with Crippen molar-refractivity contribution in [2.24, 2.45) is 5.73 Å². The van der Waals surface area contributed by atoms with Gasteiger partial charge in [-0.15, -0.1) is 11.3 Å². The fourth-order valence-electron chi connectivity index (χ4n) is 2.13. The Morgan fingerprint density at radius 1 is 1.00 bits per heavy atom. The molecule has 21 heavy (non-hydrogen) atoms. The molecule has 1 aromatic carbocycles. The number of hydrogen-bond donors (Lipinski definition) is 1. The van der Waals surface area contributed by atoms with E-state index in [0.717, 1.165) is 16.2 Å². The molecule has 0 amide bonds. The lowest BCUT2D eigenvalue weighted by Crippen LogP contribution is -2.11. The van der Waals surface area contributed by atoms with Gasteiger partial charge in [-0.25, -0.2) is 0 Å². The number of benzene rings is 1. The first-order valence-corrected chi connectivity index (χ1v) is 7.76. The van der Waals surface area contributed by atoms with Crippen LogP contribution >= 0.6 is 11.3 Å². The van der Waals surface area contributed by atoms with Gasteiger partial charge in [0.15, 0.2) is 11.5 Å². The highest BCUT2D eigenvalue weighted by atomic mass is 32.1. The number of hydrogen-bond acceptors (Lipinski definition) is 4. The number of rotatable bonds is 4. The molecule has 2 rings (SSSR count). The summed E-state index contributed by atoms with van der Waals surface area (Å²) in [5, 5.41) is 0. The molecule has 1 aromatic heterocycles. The van der Waals surface area contributed by atoms with Gasteiger partial charge in [0.25, 0.3) is 0 Å². The summed E-state index contributed by atoms with van der Waals surface area (Å²) in [4.78, 5) is 2.50. The minimum atomic E-state index is -0.147. The fourth-order valence-corrected chi connectivity index (χ4v) is 3.23. The summed E-state index contributed by atoms with van der Waals surface area (Å²) in [6.07, 6.45) is 0. The zero-order valence-electron chi connectivity index (χ0n) is 13.3. The summed E-state index contributed by atoms with van der Waals surface area (Å²) in [5.74, 6) is 1.42. The first-order valence-electron chi connectivity index (χ1n) is 6.94. The van der Waals surface area contributed by atoms with E-state index in [1.807, 2.05) is 18.2 Å². The van der Waals surface area contributed by atoms with Gasteiger partial charge >= 0.3 is 0 Å². The van der Waals surface area contributed by atoms with Gasteiger partial charge in [-0.05, 0) is 35.2 Å². The average Bonchev–Trinajstić information content (AvgIpc) is 2.95. The predicted octanol–water partition coefficient (Wildman–Crippen LogP) is 4.11. The van der Waals surface area contributed by atoms with E-state index < -0.39 is 0 Å². The van der Waals surface area contributed by atoms with E-state index in [4.69, 9.17) is 15.2 Å². The molecule has 1 unspecified atom stereocenters. The van der Waals surface area contributed by atoms with Gasteiger partial charge in [-0.1, -0.05) is 26.8 Å². The van der Waals surface area contributed by atoms with Crippen LogP contribution in [0.5, 0.6) is 11.5 Å². The molecule has 0 fully saturated rings. The van der Waals surface area contributed by atoms with Crippen molar-refractivity contribution in [1.82, 2.24) is 0 Å². The van der Waals surface area contributed by atoms with Crippen LogP contribution in [0.2, 0.25) is 0 Å². The number of methoxy groups -OCH3 is 2. The number of ether oxygens (including phenoxy) is 2. The molecule has 0 spiro atoms. The van der Waals surface area contributed by atoms with Gasteiger partial charge in [0.05, 0.1) is 20.3 Å². The van der Waals surface area contributed by atoms with Crippen LogP contribution in [0.4, 0.5) is 0 Å². The smallest absolute Gasteiger partial charge is 0.161 e. The third kappa shape index (κ3) is 3.39. The van der Waals surface area contributed by atoms with Crippen LogP contribution in [0.3, 0.4) is 0 Å². The molecule has 0 bridgehead atoms. The summed E-state index contributed by atoms with van der Waals surface area (Å²) < 4.78 is 10.6. The molecule has 2 aromatic rings. The van der Waals surface area contributed by atoms with E-state index in [2.05, 4.69) is 32.9 Å². The molecule has 0 aliphatic carbocycles. The Morgan fingerprint density at radius 3 is 2.19 bits per heavy atom. The summed E-state index contributed by atoms with van der Waals surface area (Å²) in [6.45, 7) is 6.64. The summed E-state index contributed by atoms with van der Waals surface area (Å²) in [5.41, 5.74) is 7.58. The Kier molecular flexibility index (Phi) is 4.59. The Labute approximate surface area is 130 Å². The van der Waals surface area contributed by atoms with Gasteiger partial charge in [0.2, 0.25) is 0 Å². The van der Waals surface area contributed by atoms with Crippen LogP contribution in [-0.4, -0.2) is 14.2 Å². The summed E-state index contributed by atoms with van der Waals surface area (Å²) in [6, 6.07) is 9.97. The SMILES string of the molecule is COc1ccc(C(N)c2ccc(C(C)(C)C)s2)cc1OC. The maximum Gasteiger partial charge on any atom is 0.161 e. The van der Waals surface area contributed by atoms with Crippen LogP contribution in [0, 0.1) is 0 Å². The van der Waals surface area contributed by atoms with E-state index in [1.165, 1.54) is 4.88 Å². The van der Waals surface area contributed by atoms with Crippen LogP contribution in [0.1, 0.15) is 42.1 Å². The van der Waals surface area contributed by atoms with E-state index in [9.17, 15) is 0 Å². The first kappa shape index (κ1) is 15.9. The normalized spacial score (nSPS) is 13.0. The lowest BCUT2D eigenvalue weighted by Gasteiger charge is -2.16. The van der Waals surface area contributed by atoms with Crippen molar-refractivity contribution in [3.8, 4) is 11.5 Å². The van der Waals surface area contributed by atoms with Crippen molar-refractivity contribution in [3.05, 3.63) is 45.6 Å². The molecule has 1 atom stereocenters. The monoisotopic (exact) mass is 305 g/mol. The van der Waals surface area contributed by atoms with Crippen LogP contribution in [0.15, 0.2) is 30.3 Å². The van der Waals surface area contributed by atoms with Crippen molar-refractivity contribution < 1.29 is 9.47 Å². The van der Waals surface area contributed by atoms with E-state index in [-0.39, 0.29) is 11.5 Å². The molecule has 0 saturated carbocycles. The Bertz CT molecular complexity index is 613. The Balaban J connectivity index is 2.31. The van der Waals surface area contributed by atoms with Crippen molar-refractivity contribution in [2.45, 2.75) is 32.2 Å². The van der Waals surface area contributed by atoms with E-state index in [1.54, 1.807) is 25.6 Å². The molecule has 4 heteroatoms. The summed E-state index contributed by atoms with van der Waals surface area (Å²) in [7, 11) is 3.27.